The zero-order valence-electron chi connectivity index (χ0n) is 9.86. The molecule has 1 aromatic heterocycles. The van der Waals surface area contributed by atoms with Crippen molar-refractivity contribution in [1.82, 2.24) is 9.55 Å². The van der Waals surface area contributed by atoms with Gasteiger partial charge in [0.1, 0.15) is 8.72 Å². The Kier molecular flexibility index (Phi) is 4.40. The van der Waals surface area contributed by atoms with Crippen molar-refractivity contribution in [3.63, 3.8) is 0 Å². The number of hydrogen-bond donors (Lipinski definition) is 0. The first-order valence-corrected chi connectivity index (χ1v) is 7.05. The summed E-state index contributed by atoms with van der Waals surface area (Å²) in [5.41, 5.74) is 2.26. The summed E-state index contributed by atoms with van der Waals surface area (Å²) in [6, 6.07) is 8.23. The lowest BCUT2D eigenvalue weighted by atomic mass is 10.1. The number of halogens is 2. The molecule has 0 aliphatic rings. The van der Waals surface area contributed by atoms with E-state index in [1.165, 1.54) is 11.9 Å². The molecule has 5 heteroatoms. The van der Waals surface area contributed by atoms with E-state index in [9.17, 15) is 4.79 Å². The van der Waals surface area contributed by atoms with Crippen molar-refractivity contribution in [3.05, 3.63) is 60.8 Å². The molecular formula is C13H12ClIN2O. The molecule has 0 spiro atoms. The summed E-state index contributed by atoms with van der Waals surface area (Å²) in [5, 5.41) is 0.262. The first-order chi connectivity index (χ1) is 8.61. The van der Waals surface area contributed by atoms with Crippen LogP contribution in [0.4, 0.5) is 0 Å². The first-order valence-electron chi connectivity index (χ1n) is 5.60. The summed E-state index contributed by atoms with van der Waals surface area (Å²) in [5.74, 6) is 0. The van der Waals surface area contributed by atoms with Crippen molar-refractivity contribution in [3.8, 4) is 0 Å². The Labute approximate surface area is 124 Å². The molecular weight excluding hydrogens is 363 g/mol. The van der Waals surface area contributed by atoms with Gasteiger partial charge in [0.15, 0.2) is 0 Å². The predicted molar refractivity (Wildman–Crippen MR) is 81.1 cm³/mol. The summed E-state index contributed by atoms with van der Waals surface area (Å²) < 4.78 is 2.02. The van der Waals surface area contributed by atoms with E-state index in [0.29, 0.717) is 10.1 Å². The fourth-order valence-electron chi connectivity index (χ4n) is 1.63. The fraction of sp³-hybridized carbons (Fsp3) is 0.231. The van der Waals surface area contributed by atoms with E-state index in [4.69, 9.17) is 11.6 Å². The maximum absolute atomic E-state index is 11.9. The Morgan fingerprint density at radius 3 is 2.50 bits per heavy atom. The van der Waals surface area contributed by atoms with Gasteiger partial charge in [-0.25, -0.2) is 4.98 Å². The molecule has 0 fully saturated rings. The van der Waals surface area contributed by atoms with E-state index in [2.05, 4.69) is 24.0 Å². The number of nitrogens with zero attached hydrogens (tertiary/aromatic N) is 2. The van der Waals surface area contributed by atoms with Gasteiger partial charge in [-0.2, -0.15) is 0 Å². The van der Waals surface area contributed by atoms with Crippen molar-refractivity contribution < 1.29 is 0 Å². The highest BCUT2D eigenvalue weighted by atomic mass is 127. The third kappa shape index (κ3) is 2.92. The molecule has 0 N–H and O–H groups in total. The van der Waals surface area contributed by atoms with E-state index in [0.717, 1.165) is 12.0 Å². The Hall–Kier alpha value is -0.880. The van der Waals surface area contributed by atoms with E-state index in [-0.39, 0.29) is 10.7 Å². The van der Waals surface area contributed by atoms with Gasteiger partial charge < -0.3 is 0 Å². The number of rotatable bonds is 3. The van der Waals surface area contributed by atoms with Gasteiger partial charge in [-0.3, -0.25) is 9.36 Å². The lowest BCUT2D eigenvalue weighted by Crippen LogP contribution is -2.23. The Morgan fingerprint density at radius 1 is 1.28 bits per heavy atom. The molecule has 0 aliphatic heterocycles. The highest BCUT2D eigenvalue weighted by molar-refractivity contribution is 14.1. The molecule has 0 radical (unpaired) electrons. The van der Waals surface area contributed by atoms with E-state index in [1.54, 1.807) is 4.57 Å². The Morgan fingerprint density at radius 2 is 1.89 bits per heavy atom. The highest BCUT2D eigenvalue weighted by Crippen LogP contribution is 2.11. The van der Waals surface area contributed by atoms with E-state index < -0.39 is 0 Å². The van der Waals surface area contributed by atoms with Crippen LogP contribution in [0.2, 0.25) is 5.15 Å². The van der Waals surface area contributed by atoms with Gasteiger partial charge in [0.05, 0.1) is 12.9 Å². The summed E-state index contributed by atoms with van der Waals surface area (Å²) in [4.78, 5) is 15.9. The van der Waals surface area contributed by atoms with Gasteiger partial charge in [0.25, 0.3) is 5.56 Å². The highest BCUT2D eigenvalue weighted by Gasteiger charge is 2.07. The molecule has 1 heterocycles. The van der Waals surface area contributed by atoms with Crippen LogP contribution in [0.1, 0.15) is 18.1 Å². The molecule has 0 aliphatic carbocycles. The van der Waals surface area contributed by atoms with Gasteiger partial charge in [0, 0.05) is 0 Å². The number of benzene rings is 1. The molecule has 0 bridgehead atoms. The summed E-state index contributed by atoms with van der Waals surface area (Å²) in [6.45, 7) is 2.63. The van der Waals surface area contributed by atoms with Crippen LogP contribution in [0.5, 0.6) is 0 Å². The van der Waals surface area contributed by atoms with Gasteiger partial charge in [-0.15, -0.1) is 0 Å². The minimum absolute atomic E-state index is 0.102. The second kappa shape index (κ2) is 5.84. The van der Waals surface area contributed by atoms with Crippen LogP contribution in [0.15, 0.2) is 35.4 Å². The SMILES string of the molecule is CCc1ccc(Cn2cnc(Cl)c(I)c2=O)cc1. The lowest BCUT2D eigenvalue weighted by Gasteiger charge is -2.07. The summed E-state index contributed by atoms with van der Waals surface area (Å²) >= 11 is 7.72. The fourth-order valence-corrected chi connectivity index (χ4v) is 2.21. The maximum atomic E-state index is 11.9. The molecule has 3 nitrogen and oxygen atoms in total. The van der Waals surface area contributed by atoms with Gasteiger partial charge >= 0.3 is 0 Å². The monoisotopic (exact) mass is 374 g/mol. The maximum Gasteiger partial charge on any atom is 0.268 e. The average molecular weight is 375 g/mol. The van der Waals surface area contributed by atoms with Crippen molar-refractivity contribution in [1.29, 1.82) is 0 Å². The molecule has 18 heavy (non-hydrogen) atoms. The predicted octanol–water partition coefficient (Wildman–Crippen LogP) is 3.11. The summed E-state index contributed by atoms with van der Waals surface area (Å²) in [7, 11) is 0. The van der Waals surface area contributed by atoms with Gasteiger partial charge in [0.2, 0.25) is 0 Å². The van der Waals surface area contributed by atoms with Crippen LogP contribution < -0.4 is 5.56 Å². The third-order valence-corrected chi connectivity index (χ3v) is 4.30. The van der Waals surface area contributed by atoms with Crippen LogP contribution in [0, 0.1) is 3.57 Å². The summed E-state index contributed by atoms with van der Waals surface area (Å²) in [6.07, 6.45) is 2.50. The molecule has 1 aromatic carbocycles. The second-order valence-corrected chi connectivity index (χ2v) is 5.39. The molecule has 2 rings (SSSR count). The van der Waals surface area contributed by atoms with Crippen LogP contribution in [0.3, 0.4) is 0 Å². The van der Waals surface area contributed by atoms with Crippen LogP contribution >= 0.6 is 34.2 Å². The quantitative estimate of drug-likeness (QED) is 0.611. The third-order valence-electron chi connectivity index (χ3n) is 2.72. The zero-order valence-corrected chi connectivity index (χ0v) is 12.8. The van der Waals surface area contributed by atoms with Crippen LogP contribution in [-0.4, -0.2) is 9.55 Å². The molecule has 0 amide bonds. The van der Waals surface area contributed by atoms with Gasteiger partial charge in [-0.05, 0) is 40.1 Å². The number of aryl methyl sites for hydroxylation is 1. The van der Waals surface area contributed by atoms with Crippen molar-refractivity contribution >= 4 is 34.2 Å². The lowest BCUT2D eigenvalue weighted by molar-refractivity contribution is 0.730. The number of hydrogen-bond acceptors (Lipinski definition) is 2. The van der Waals surface area contributed by atoms with E-state index in [1.807, 2.05) is 34.7 Å². The molecule has 0 atom stereocenters. The first kappa shape index (κ1) is 13.5. The molecule has 2 aromatic rings. The second-order valence-electron chi connectivity index (χ2n) is 3.95. The average Bonchev–Trinajstić information content (AvgIpc) is 2.40. The zero-order chi connectivity index (χ0) is 13.1. The minimum Gasteiger partial charge on any atom is -0.294 e. The van der Waals surface area contributed by atoms with Crippen molar-refractivity contribution in [2.45, 2.75) is 19.9 Å². The molecule has 94 valence electrons. The van der Waals surface area contributed by atoms with E-state index >= 15 is 0 Å². The Bertz CT molecular complexity index is 607. The van der Waals surface area contributed by atoms with Gasteiger partial charge in [-0.1, -0.05) is 42.8 Å². The normalized spacial score (nSPS) is 10.6. The minimum atomic E-state index is -0.102. The topological polar surface area (TPSA) is 34.9 Å². The van der Waals surface area contributed by atoms with Crippen molar-refractivity contribution in [2.75, 3.05) is 0 Å². The number of aromatic nitrogens is 2. The van der Waals surface area contributed by atoms with Crippen LogP contribution in [-0.2, 0) is 13.0 Å². The molecule has 0 saturated carbocycles. The Balaban J connectivity index is 2.28. The van der Waals surface area contributed by atoms with Crippen LogP contribution in [0.25, 0.3) is 0 Å². The molecule has 0 saturated heterocycles. The smallest absolute Gasteiger partial charge is 0.268 e. The van der Waals surface area contributed by atoms with Crippen molar-refractivity contribution in [2.24, 2.45) is 0 Å². The largest absolute Gasteiger partial charge is 0.294 e. The standard InChI is InChI=1S/C13H12ClIN2O/c1-2-9-3-5-10(6-4-9)7-17-8-16-12(14)11(15)13(17)18/h3-6,8H,2,7H2,1H3. The molecule has 0 unspecified atom stereocenters.